The number of halogens is 1. The van der Waals surface area contributed by atoms with Crippen molar-refractivity contribution in [3.8, 4) is 0 Å². The molecule has 8 heteroatoms. The Kier molecular flexibility index (Phi) is 6.86. The van der Waals surface area contributed by atoms with E-state index in [0.717, 1.165) is 38.2 Å². The number of nitrogens with zero attached hydrogens (tertiary/aromatic N) is 3. The summed E-state index contributed by atoms with van der Waals surface area (Å²) in [6.07, 6.45) is 2.66. The Morgan fingerprint density at radius 3 is 2.62 bits per heavy atom. The highest BCUT2D eigenvalue weighted by molar-refractivity contribution is 7.92. The summed E-state index contributed by atoms with van der Waals surface area (Å²) in [5.74, 6) is 0.365. The van der Waals surface area contributed by atoms with E-state index in [1.807, 2.05) is 0 Å². The summed E-state index contributed by atoms with van der Waals surface area (Å²) in [5.41, 5.74) is 1.35. The summed E-state index contributed by atoms with van der Waals surface area (Å²) in [6.45, 7) is 8.44. The summed E-state index contributed by atoms with van der Waals surface area (Å²) in [6, 6.07) is 1.79. The third-order valence-corrected chi connectivity index (χ3v) is 6.13. The second kappa shape index (κ2) is 8.47. The van der Waals surface area contributed by atoms with Crippen molar-refractivity contribution in [2.75, 3.05) is 50.2 Å². The molecule has 2 rings (SSSR count). The summed E-state index contributed by atoms with van der Waals surface area (Å²) in [7, 11) is -1.37. The standard InChI is InChI=1S/C16H27ClN4O2S/c1-4-13(2)14-11-15(16(17)18-12-14)19-24(22,23)10-9-21-7-5-20(3)6-8-21/h11-13,19H,4-10H2,1-3H3. The molecule has 1 aromatic rings. The van der Waals surface area contributed by atoms with Gasteiger partial charge in [0.1, 0.15) is 0 Å². The minimum absolute atomic E-state index is 0.0562. The molecule has 24 heavy (non-hydrogen) atoms. The third kappa shape index (κ3) is 5.58. The molecular formula is C16H27ClN4O2S. The van der Waals surface area contributed by atoms with Crippen LogP contribution in [0, 0.1) is 0 Å². The zero-order valence-corrected chi connectivity index (χ0v) is 16.2. The summed E-state index contributed by atoms with van der Waals surface area (Å²) in [4.78, 5) is 8.53. The van der Waals surface area contributed by atoms with Crippen molar-refractivity contribution in [3.05, 3.63) is 23.0 Å². The molecular weight excluding hydrogens is 348 g/mol. The molecule has 0 spiro atoms. The van der Waals surface area contributed by atoms with Crippen molar-refractivity contribution in [1.82, 2.24) is 14.8 Å². The largest absolute Gasteiger partial charge is 0.304 e. The smallest absolute Gasteiger partial charge is 0.234 e. The summed E-state index contributed by atoms with van der Waals surface area (Å²) >= 11 is 6.06. The Morgan fingerprint density at radius 1 is 1.33 bits per heavy atom. The van der Waals surface area contributed by atoms with Gasteiger partial charge in [0.05, 0.1) is 11.4 Å². The number of nitrogens with one attached hydrogen (secondary N) is 1. The number of likely N-dealkylation sites (N-methyl/N-ethyl adjacent to an activating group) is 1. The van der Waals surface area contributed by atoms with Gasteiger partial charge in [0, 0.05) is 38.9 Å². The number of piperazine rings is 1. The molecule has 1 atom stereocenters. The minimum Gasteiger partial charge on any atom is -0.304 e. The molecule has 1 saturated heterocycles. The fraction of sp³-hybridized carbons (Fsp3) is 0.688. The van der Waals surface area contributed by atoms with Crippen LogP contribution in [0.5, 0.6) is 0 Å². The molecule has 1 fully saturated rings. The Hall–Kier alpha value is -0.890. The van der Waals surface area contributed by atoms with E-state index in [9.17, 15) is 8.42 Å². The number of hydrogen-bond acceptors (Lipinski definition) is 5. The number of anilines is 1. The first kappa shape index (κ1) is 19.4. The molecule has 1 aliphatic rings. The molecule has 0 amide bonds. The molecule has 0 bridgehead atoms. The van der Waals surface area contributed by atoms with Crippen molar-refractivity contribution < 1.29 is 8.42 Å². The Bertz CT molecular complexity index is 645. The average Bonchev–Trinajstić information content (AvgIpc) is 2.55. The van der Waals surface area contributed by atoms with Crippen LogP contribution >= 0.6 is 11.6 Å². The van der Waals surface area contributed by atoms with Crippen LogP contribution in [0.1, 0.15) is 31.7 Å². The predicted octanol–water partition coefficient (Wildman–Crippen LogP) is 2.24. The number of aromatic nitrogens is 1. The Balaban J connectivity index is 1.98. The van der Waals surface area contributed by atoms with Crippen molar-refractivity contribution in [3.63, 3.8) is 0 Å². The second-order valence-corrected chi connectivity index (χ2v) is 8.68. The molecule has 2 heterocycles. The second-order valence-electron chi connectivity index (χ2n) is 6.48. The number of pyridine rings is 1. The van der Waals surface area contributed by atoms with Crippen LogP contribution in [0.3, 0.4) is 0 Å². The molecule has 136 valence electrons. The lowest BCUT2D eigenvalue weighted by Crippen LogP contribution is -2.46. The first-order chi connectivity index (χ1) is 11.3. The number of sulfonamides is 1. The maximum atomic E-state index is 12.4. The molecule has 0 aliphatic carbocycles. The summed E-state index contributed by atoms with van der Waals surface area (Å²) in [5, 5.41) is 0.185. The molecule has 0 saturated carbocycles. The van der Waals surface area contributed by atoms with Gasteiger partial charge in [0.2, 0.25) is 10.0 Å². The van der Waals surface area contributed by atoms with Crippen LogP contribution in [-0.4, -0.2) is 68.7 Å². The molecule has 1 aromatic heterocycles. The van der Waals surface area contributed by atoms with E-state index in [4.69, 9.17) is 11.6 Å². The number of rotatable bonds is 7. The molecule has 0 radical (unpaired) electrons. The normalized spacial score (nSPS) is 18.5. The lowest BCUT2D eigenvalue weighted by Gasteiger charge is -2.32. The molecule has 0 aromatic carbocycles. The molecule has 6 nitrogen and oxygen atoms in total. The first-order valence-electron chi connectivity index (χ1n) is 8.37. The van der Waals surface area contributed by atoms with Crippen molar-refractivity contribution in [2.24, 2.45) is 0 Å². The van der Waals surface area contributed by atoms with Crippen LogP contribution in [0.25, 0.3) is 0 Å². The van der Waals surface area contributed by atoms with Gasteiger partial charge in [-0.3, -0.25) is 9.62 Å². The van der Waals surface area contributed by atoms with Crippen LogP contribution in [0.4, 0.5) is 5.69 Å². The fourth-order valence-corrected chi connectivity index (χ4v) is 3.88. The van der Waals surface area contributed by atoms with E-state index >= 15 is 0 Å². The zero-order valence-electron chi connectivity index (χ0n) is 14.6. The minimum atomic E-state index is -3.45. The highest BCUT2D eigenvalue weighted by Gasteiger charge is 2.19. The van der Waals surface area contributed by atoms with Crippen LogP contribution < -0.4 is 4.72 Å². The maximum Gasteiger partial charge on any atom is 0.234 e. The molecule has 1 N–H and O–H groups in total. The molecule has 1 unspecified atom stereocenters. The van der Waals surface area contributed by atoms with Crippen molar-refractivity contribution in [1.29, 1.82) is 0 Å². The summed E-state index contributed by atoms with van der Waals surface area (Å²) < 4.78 is 27.3. The van der Waals surface area contributed by atoms with E-state index in [-0.39, 0.29) is 10.9 Å². The topological polar surface area (TPSA) is 65.5 Å². The van der Waals surface area contributed by atoms with Gasteiger partial charge < -0.3 is 4.90 Å². The Labute approximate surface area is 150 Å². The van der Waals surface area contributed by atoms with Gasteiger partial charge in [0.15, 0.2) is 5.15 Å². The predicted molar refractivity (Wildman–Crippen MR) is 99.3 cm³/mol. The van der Waals surface area contributed by atoms with Gasteiger partial charge in [-0.1, -0.05) is 25.4 Å². The van der Waals surface area contributed by atoms with E-state index < -0.39 is 10.0 Å². The van der Waals surface area contributed by atoms with Crippen LogP contribution in [-0.2, 0) is 10.0 Å². The zero-order chi connectivity index (χ0) is 17.7. The van der Waals surface area contributed by atoms with Crippen molar-refractivity contribution in [2.45, 2.75) is 26.2 Å². The van der Waals surface area contributed by atoms with Gasteiger partial charge in [-0.05, 0) is 31.0 Å². The van der Waals surface area contributed by atoms with Gasteiger partial charge in [-0.25, -0.2) is 13.4 Å². The van der Waals surface area contributed by atoms with Crippen LogP contribution in [0.15, 0.2) is 12.3 Å². The van der Waals surface area contributed by atoms with E-state index in [0.29, 0.717) is 18.2 Å². The third-order valence-electron chi connectivity index (χ3n) is 4.58. The average molecular weight is 375 g/mol. The van der Waals surface area contributed by atoms with Gasteiger partial charge >= 0.3 is 0 Å². The van der Waals surface area contributed by atoms with Crippen molar-refractivity contribution >= 4 is 27.3 Å². The van der Waals surface area contributed by atoms with Gasteiger partial charge in [-0.15, -0.1) is 0 Å². The van der Waals surface area contributed by atoms with E-state index in [2.05, 4.69) is 40.4 Å². The fourth-order valence-electron chi connectivity index (χ4n) is 2.58. The number of hydrogen-bond donors (Lipinski definition) is 1. The maximum absolute atomic E-state index is 12.4. The lowest BCUT2D eigenvalue weighted by molar-refractivity contribution is 0.161. The van der Waals surface area contributed by atoms with Crippen LogP contribution in [0.2, 0.25) is 5.15 Å². The quantitative estimate of drug-likeness (QED) is 0.741. The van der Waals surface area contributed by atoms with Gasteiger partial charge in [0.25, 0.3) is 0 Å². The SMILES string of the molecule is CCC(C)c1cnc(Cl)c(NS(=O)(=O)CCN2CCN(C)CC2)c1. The van der Waals surface area contributed by atoms with E-state index in [1.54, 1.807) is 12.3 Å². The lowest BCUT2D eigenvalue weighted by atomic mass is 10.0. The highest BCUT2D eigenvalue weighted by Crippen LogP contribution is 2.26. The first-order valence-corrected chi connectivity index (χ1v) is 10.4. The van der Waals surface area contributed by atoms with Gasteiger partial charge in [-0.2, -0.15) is 0 Å². The Morgan fingerprint density at radius 2 is 2.00 bits per heavy atom. The molecule has 1 aliphatic heterocycles. The monoisotopic (exact) mass is 374 g/mol. The highest BCUT2D eigenvalue weighted by atomic mass is 35.5. The van der Waals surface area contributed by atoms with E-state index in [1.165, 1.54) is 0 Å².